The molecule has 0 aliphatic heterocycles. The van der Waals surface area contributed by atoms with Gasteiger partial charge in [0.1, 0.15) is 0 Å². The number of carboxylic acids is 1. The number of carboxylic acid groups (broad SMARTS) is 1. The van der Waals surface area contributed by atoms with Crippen LogP contribution in [0.15, 0.2) is 54.7 Å². The first kappa shape index (κ1) is 14.4. The summed E-state index contributed by atoms with van der Waals surface area (Å²) < 4.78 is 2.10. The van der Waals surface area contributed by atoms with Crippen molar-refractivity contribution in [1.82, 2.24) is 4.57 Å². The predicted octanol–water partition coefficient (Wildman–Crippen LogP) is 4.51. The van der Waals surface area contributed by atoms with Gasteiger partial charge in [0.05, 0.1) is 5.56 Å². The van der Waals surface area contributed by atoms with Crippen LogP contribution in [0.1, 0.15) is 41.3 Å². The quantitative estimate of drug-likeness (QED) is 0.769. The maximum atomic E-state index is 11.3. The van der Waals surface area contributed by atoms with E-state index in [1.54, 1.807) is 12.1 Å². The van der Waals surface area contributed by atoms with Gasteiger partial charge in [0.25, 0.3) is 0 Å². The van der Waals surface area contributed by atoms with Gasteiger partial charge in [0.15, 0.2) is 0 Å². The van der Waals surface area contributed by atoms with E-state index in [2.05, 4.69) is 42.7 Å². The molecule has 3 rings (SSSR count). The maximum Gasteiger partial charge on any atom is 0.336 e. The molecule has 3 aromatic rings. The molecule has 1 heterocycles. The number of carbonyl (C=O) groups is 1. The van der Waals surface area contributed by atoms with Crippen molar-refractivity contribution in [2.24, 2.45) is 0 Å². The lowest BCUT2D eigenvalue weighted by atomic mass is 10.0. The Morgan fingerprint density at radius 2 is 1.91 bits per heavy atom. The van der Waals surface area contributed by atoms with Crippen LogP contribution < -0.4 is 0 Å². The van der Waals surface area contributed by atoms with Crippen molar-refractivity contribution in [2.45, 2.75) is 26.3 Å². The van der Waals surface area contributed by atoms with Crippen molar-refractivity contribution in [3.05, 3.63) is 71.4 Å². The summed E-state index contributed by atoms with van der Waals surface area (Å²) in [5.41, 5.74) is 3.85. The van der Waals surface area contributed by atoms with Gasteiger partial charge in [-0.15, -0.1) is 0 Å². The Labute approximate surface area is 129 Å². The molecule has 0 saturated heterocycles. The van der Waals surface area contributed by atoms with E-state index in [4.69, 9.17) is 0 Å². The van der Waals surface area contributed by atoms with E-state index in [0.29, 0.717) is 11.5 Å². The Balaban J connectivity index is 2.00. The minimum absolute atomic E-state index is 0.354. The molecule has 0 bridgehead atoms. The molecule has 2 aromatic carbocycles. The molecule has 0 aliphatic rings. The van der Waals surface area contributed by atoms with Gasteiger partial charge in [0, 0.05) is 23.6 Å². The number of aromatic carboxylic acids is 1. The van der Waals surface area contributed by atoms with E-state index in [1.807, 2.05) is 18.3 Å². The van der Waals surface area contributed by atoms with E-state index in [-0.39, 0.29) is 0 Å². The zero-order valence-electron chi connectivity index (χ0n) is 12.8. The fraction of sp³-hybridized carbons (Fsp3) is 0.211. The van der Waals surface area contributed by atoms with Crippen LogP contribution >= 0.6 is 0 Å². The summed E-state index contributed by atoms with van der Waals surface area (Å²) in [5, 5.41) is 10.1. The number of hydrogen-bond donors (Lipinski definition) is 1. The molecule has 0 spiro atoms. The highest BCUT2D eigenvalue weighted by atomic mass is 16.4. The number of aromatic nitrogens is 1. The third-order valence-corrected chi connectivity index (χ3v) is 4.01. The van der Waals surface area contributed by atoms with Crippen molar-refractivity contribution in [1.29, 1.82) is 0 Å². The van der Waals surface area contributed by atoms with E-state index >= 15 is 0 Å². The van der Waals surface area contributed by atoms with Crippen LogP contribution in [0.5, 0.6) is 0 Å². The molecule has 3 nitrogen and oxygen atoms in total. The molecule has 0 unspecified atom stereocenters. The Bertz CT molecular complexity index is 830. The average Bonchev–Trinajstić information content (AvgIpc) is 2.90. The van der Waals surface area contributed by atoms with Gasteiger partial charge in [-0.3, -0.25) is 0 Å². The largest absolute Gasteiger partial charge is 0.478 e. The maximum absolute atomic E-state index is 11.3. The van der Waals surface area contributed by atoms with Crippen molar-refractivity contribution in [3.63, 3.8) is 0 Å². The first-order chi connectivity index (χ1) is 10.6. The second-order valence-corrected chi connectivity index (χ2v) is 5.89. The van der Waals surface area contributed by atoms with Crippen LogP contribution in [0.25, 0.3) is 10.9 Å². The molecule has 0 fully saturated rings. The molecule has 0 radical (unpaired) electrons. The van der Waals surface area contributed by atoms with Crippen LogP contribution in [0, 0.1) is 0 Å². The molecular weight excluding hydrogens is 274 g/mol. The molecule has 1 aromatic heterocycles. The Morgan fingerprint density at radius 3 is 2.64 bits per heavy atom. The first-order valence-electron chi connectivity index (χ1n) is 7.46. The number of hydrogen-bond acceptors (Lipinski definition) is 1. The molecule has 112 valence electrons. The average molecular weight is 293 g/mol. The lowest BCUT2D eigenvalue weighted by molar-refractivity contribution is 0.0699. The second-order valence-electron chi connectivity index (χ2n) is 5.89. The number of fused-ring (bicyclic) bond motifs is 1. The van der Waals surface area contributed by atoms with Crippen molar-refractivity contribution in [2.75, 3.05) is 0 Å². The lowest BCUT2D eigenvalue weighted by Gasteiger charge is -2.10. The Morgan fingerprint density at radius 1 is 1.14 bits per heavy atom. The summed E-state index contributed by atoms with van der Waals surface area (Å²) in [6.07, 6.45) is 1.96. The monoisotopic (exact) mass is 293 g/mol. The topological polar surface area (TPSA) is 42.2 Å². The smallest absolute Gasteiger partial charge is 0.336 e. The SMILES string of the molecule is CC(C)c1cccc(Cn2ccc3c(C(=O)O)cccc32)c1. The second kappa shape index (κ2) is 5.68. The standard InChI is InChI=1S/C19H19NO2/c1-13(2)15-6-3-5-14(11-15)12-20-10-9-16-17(19(21)22)7-4-8-18(16)20/h3-11,13H,12H2,1-2H3,(H,21,22). The van der Waals surface area contributed by atoms with Gasteiger partial charge in [-0.2, -0.15) is 0 Å². The number of benzene rings is 2. The highest BCUT2D eigenvalue weighted by Gasteiger charge is 2.11. The van der Waals surface area contributed by atoms with Crippen LogP contribution in [0.3, 0.4) is 0 Å². The van der Waals surface area contributed by atoms with Gasteiger partial charge in [-0.05, 0) is 35.2 Å². The van der Waals surface area contributed by atoms with E-state index in [1.165, 1.54) is 11.1 Å². The summed E-state index contributed by atoms with van der Waals surface area (Å²) in [6.45, 7) is 5.11. The molecule has 0 aliphatic carbocycles. The number of nitrogens with zero attached hydrogens (tertiary/aromatic N) is 1. The number of rotatable bonds is 4. The highest BCUT2D eigenvalue weighted by Crippen LogP contribution is 2.22. The molecule has 22 heavy (non-hydrogen) atoms. The summed E-state index contributed by atoms with van der Waals surface area (Å²) in [6, 6.07) is 15.8. The van der Waals surface area contributed by atoms with Gasteiger partial charge in [-0.1, -0.05) is 44.2 Å². The fourth-order valence-corrected chi connectivity index (χ4v) is 2.80. The first-order valence-corrected chi connectivity index (χ1v) is 7.46. The van der Waals surface area contributed by atoms with Gasteiger partial charge in [0.2, 0.25) is 0 Å². The van der Waals surface area contributed by atoms with Crippen molar-refractivity contribution < 1.29 is 9.90 Å². The van der Waals surface area contributed by atoms with Crippen LogP contribution in [-0.4, -0.2) is 15.6 Å². The molecular formula is C19H19NO2. The van der Waals surface area contributed by atoms with Crippen LogP contribution in [0.4, 0.5) is 0 Å². The minimum atomic E-state index is -0.884. The van der Waals surface area contributed by atoms with Gasteiger partial charge < -0.3 is 9.67 Å². The van der Waals surface area contributed by atoms with E-state index in [9.17, 15) is 9.90 Å². The van der Waals surface area contributed by atoms with Gasteiger partial charge in [-0.25, -0.2) is 4.79 Å². The Kier molecular flexibility index (Phi) is 3.72. The van der Waals surface area contributed by atoms with Crippen LogP contribution in [0.2, 0.25) is 0 Å². The summed E-state index contributed by atoms with van der Waals surface area (Å²) >= 11 is 0. The molecule has 0 amide bonds. The lowest BCUT2D eigenvalue weighted by Crippen LogP contribution is -2.00. The zero-order valence-corrected chi connectivity index (χ0v) is 12.8. The summed E-state index contributed by atoms with van der Waals surface area (Å²) in [7, 11) is 0. The molecule has 0 saturated carbocycles. The Hall–Kier alpha value is -2.55. The normalized spacial score (nSPS) is 11.2. The minimum Gasteiger partial charge on any atom is -0.478 e. The molecule has 0 atom stereocenters. The van der Waals surface area contributed by atoms with Crippen molar-refractivity contribution >= 4 is 16.9 Å². The molecule has 3 heteroatoms. The van der Waals surface area contributed by atoms with Crippen molar-refractivity contribution in [3.8, 4) is 0 Å². The van der Waals surface area contributed by atoms with E-state index < -0.39 is 5.97 Å². The third kappa shape index (κ3) is 2.62. The fourth-order valence-electron chi connectivity index (χ4n) is 2.80. The van der Waals surface area contributed by atoms with Crippen LogP contribution in [-0.2, 0) is 6.54 Å². The summed E-state index contributed by atoms with van der Waals surface area (Å²) in [4.78, 5) is 11.3. The van der Waals surface area contributed by atoms with E-state index in [0.717, 1.165) is 17.4 Å². The van der Waals surface area contributed by atoms with Gasteiger partial charge >= 0.3 is 5.97 Å². The highest BCUT2D eigenvalue weighted by molar-refractivity contribution is 6.02. The molecule has 1 N–H and O–H groups in total. The summed E-state index contributed by atoms with van der Waals surface area (Å²) in [5.74, 6) is -0.384. The third-order valence-electron chi connectivity index (χ3n) is 4.01. The zero-order chi connectivity index (χ0) is 15.7. The predicted molar refractivity (Wildman–Crippen MR) is 88.5 cm³/mol.